The molecular formula is C22H34N6O7. The van der Waals surface area contributed by atoms with E-state index < -0.39 is 66.8 Å². The molecule has 1 rings (SSSR count). The Kier molecular flexibility index (Phi) is 12.9. The van der Waals surface area contributed by atoms with E-state index >= 15 is 0 Å². The lowest BCUT2D eigenvalue weighted by Crippen LogP contribution is -2.58. The van der Waals surface area contributed by atoms with E-state index in [9.17, 15) is 24.0 Å². The van der Waals surface area contributed by atoms with Crippen LogP contribution in [0.1, 0.15) is 31.2 Å². The monoisotopic (exact) mass is 494 g/mol. The molecule has 4 unspecified atom stereocenters. The van der Waals surface area contributed by atoms with Gasteiger partial charge in [-0.3, -0.25) is 19.2 Å². The lowest BCUT2D eigenvalue weighted by molar-refractivity contribution is -0.143. The number of carbonyl (C=O) groups is 5. The van der Waals surface area contributed by atoms with Gasteiger partial charge in [-0.2, -0.15) is 0 Å². The SMILES string of the molecule is NCCCCC(NC(=O)C(N)Cc1ccccc1)C(=O)NC(CC(N)=O)C(=O)NC(CO)C(=O)O. The smallest absolute Gasteiger partial charge is 0.328 e. The number of amides is 4. The van der Waals surface area contributed by atoms with E-state index in [4.69, 9.17) is 27.4 Å². The lowest BCUT2D eigenvalue weighted by atomic mass is 10.0. The van der Waals surface area contributed by atoms with Gasteiger partial charge in [0.25, 0.3) is 0 Å². The maximum absolute atomic E-state index is 12.9. The van der Waals surface area contributed by atoms with Crippen LogP contribution in [0.2, 0.25) is 0 Å². The third-order valence-corrected chi connectivity index (χ3v) is 5.05. The number of hydrogen-bond acceptors (Lipinski definition) is 8. The van der Waals surface area contributed by atoms with Gasteiger partial charge in [0.05, 0.1) is 19.1 Å². The van der Waals surface area contributed by atoms with Crippen LogP contribution >= 0.6 is 0 Å². The van der Waals surface area contributed by atoms with Crippen molar-refractivity contribution in [2.45, 2.75) is 56.3 Å². The molecule has 0 saturated carbocycles. The number of primary amides is 1. The third kappa shape index (κ3) is 10.9. The van der Waals surface area contributed by atoms with Crippen LogP contribution in [-0.4, -0.2) is 77.1 Å². The summed E-state index contributed by atoms with van der Waals surface area (Å²) in [5.41, 5.74) is 17.5. The van der Waals surface area contributed by atoms with Gasteiger partial charge in [0.2, 0.25) is 23.6 Å². The molecule has 0 spiro atoms. The normalized spacial score (nSPS) is 14.1. The molecule has 0 saturated heterocycles. The molecule has 0 fully saturated rings. The molecule has 11 N–H and O–H groups in total. The van der Waals surface area contributed by atoms with Gasteiger partial charge in [0.15, 0.2) is 0 Å². The first-order valence-electron chi connectivity index (χ1n) is 11.1. The van der Waals surface area contributed by atoms with Crippen molar-refractivity contribution in [2.75, 3.05) is 13.2 Å². The largest absolute Gasteiger partial charge is 0.480 e. The molecule has 0 aliphatic carbocycles. The Morgan fingerprint density at radius 1 is 0.857 bits per heavy atom. The first-order valence-corrected chi connectivity index (χ1v) is 11.1. The molecule has 1 aromatic rings. The lowest BCUT2D eigenvalue weighted by Gasteiger charge is -2.24. The Balaban J connectivity index is 2.94. The highest BCUT2D eigenvalue weighted by Crippen LogP contribution is 2.06. The van der Waals surface area contributed by atoms with Gasteiger partial charge < -0.3 is 43.4 Å². The number of unbranched alkanes of at least 4 members (excludes halogenated alkanes) is 1. The fraction of sp³-hybridized carbons (Fsp3) is 0.500. The number of nitrogens with two attached hydrogens (primary N) is 3. The Bertz CT molecular complexity index is 867. The number of aliphatic hydroxyl groups is 1. The summed E-state index contributed by atoms with van der Waals surface area (Å²) < 4.78 is 0. The topological polar surface area (TPSA) is 240 Å². The number of carboxylic acid groups (broad SMARTS) is 1. The summed E-state index contributed by atoms with van der Waals surface area (Å²) in [6.45, 7) is -0.546. The maximum Gasteiger partial charge on any atom is 0.328 e. The molecule has 0 radical (unpaired) electrons. The standard InChI is InChI=1S/C22H34N6O7/c23-9-5-4-8-15(26-19(31)14(24)10-13-6-2-1-3-7-13)20(32)27-16(11-18(25)30)21(33)28-17(12-29)22(34)35/h1-3,6-7,14-17,29H,4-5,8-12,23-24H2,(H2,25,30)(H,26,31)(H,27,32)(H,28,33)(H,34,35). The van der Waals surface area contributed by atoms with Crippen LogP contribution in [-0.2, 0) is 30.4 Å². The third-order valence-electron chi connectivity index (χ3n) is 5.05. The highest BCUT2D eigenvalue weighted by Gasteiger charge is 2.31. The first-order chi connectivity index (χ1) is 16.6. The number of nitrogens with one attached hydrogen (secondary N) is 3. The number of aliphatic hydroxyl groups excluding tert-OH is 1. The van der Waals surface area contributed by atoms with Gasteiger partial charge in [-0.25, -0.2) is 4.79 Å². The summed E-state index contributed by atoms with van der Waals surface area (Å²) in [6.07, 6.45) is 0.811. The summed E-state index contributed by atoms with van der Waals surface area (Å²) in [5, 5.41) is 25.0. The van der Waals surface area contributed by atoms with E-state index in [-0.39, 0.29) is 12.8 Å². The average Bonchev–Trinajstić information content (AvgIpc) is 2.81. The Hall–Kier alpha value is -3.55. The van der Waals surface area contributed by atoms with Gasteiger partial charge >= 0.3 is 5.97 Å². The van der Waals surface area contributed by atoms with Crippen LogP contribution in [0.4, 0.5) is 0 Å². The van der Waals surface area contributed by atoms with Crippen molar-refractivity contribution < 1.29 is 34.2 Å². The molecular weight excluding hydrogens is 460 g/mol. The van der Waals surface area contributed by atoms with Crippen molar-refractivity contribution >= 4 is 29.6 Å². The first kappa shape index (κ1) is 29.5. The zero-order valence-electron chi connectivity index (χ0n) is 19.3. The van der Waals surface area contributed by atoms with Gasteiger partial charge in [0.1, 0.15) is 18.1 Å². The highest BCUT2D eigenvalue weighted by molar-refractivity contribution is 5.96. The van der Waals surface area contributed by atoms with E-state index in [1.54, 1.807) is 12.1 Å². The molecule has 4 amide bonds. The van der Waals surface area contributed by atoms with Gasteiger partial charge in [-0.1, -0.05) is 30.3 Å². The molecule has 35 heavy (non-hydrogen) atoms. The second kappa shape index (κ2) is 15.4. The second-order valence-electron chi connectivity index (χ2n) is 7.96. The highest BCUT2D eigenvalue weighted by atomic mass is 16.4. The zero-order valence-corrected chi connectivity index (χ0v) is 19.3. The number of hydrogen-bond donors (Lipinski definition) is 8. The second-order valence-corrected chi connectivity index (χ2v) is 7.96. The van der Waals surface area contributed by atoms with Gasteiger partial charge in [0, 0.05) is 0 Å². The van der Waals surface area contributed by atoms with E-state index in [1.807, 2.05) is 23.5 Å². The number of aliphatic carboxylic acids is 1. The van der Waals surface area contributed by atoms with E-state index in [1.165, 1.54) is 0 Å². The summed E-state index contributed by atoms with van der Waals surface area (Å²) >= 11 is 0. The number of benzene rings is 1. The van der Waals surface area contributed by atoms with E-state index in [0.717, 1.165) is 5.56 Å². The minimum atomic E-state index is -1.65. The van der Waals surface area contributed by atoms with Crippen LogP contribution in [0.3, 0.4) is 0 Å². The van der Waals surface area contributed by atoms with Crippen molar-refractivity contribution in [3.8, 4) is 0 Å². The minimum absolute atomic E-state index is 0.173. The minimum Gasteiger partial charge on any atom is -0.480 e. The van der Waals surface area contributed by atoms with Crippen molar-refractivity contribution in [3.63, 3.8) is 0 Å². The van der Waals surface area contributed by atoms with E-state index in [0.29, 0.717) is 19.4 Å². The Morgan fingerprint density at radius 3 is 1.97 bits per heavy atom. The maximum atomic E-state index is 12.9. The van der Waals surface area contributed by atoms with Crippen LogP contribution < -0.4 is 33.2 Å². The molecule has 0 heterocycles. The molecule has 0 aromatic heterocycles. The molecule has 13 heteroatoms. The molecule has 13 nitrogen and oxygen atoms in total. The van der Waals surface area contributed by atoms with Crippen LogP contribution in [0.25, 0.3) is 0 Å². The van der Waals surface area contributed by atoms with E-state index in [2.05, 4.69) is 10.6 Å². The average molecular weight is 495 g/mol. The van der Waals surface area contributed by atoms with Crippen LogP contribution in [0.5, 0.6) is 0 Å². The summed E-state index contributed by atoms with van der Waals surface area (Å²) in [4.78, 5) is 60.6. The Morgan fingerprint density at radius 2 is 1.43 bits per heavy atom. The predicted molar refractivity (Wildman–Crippen MR) is 125 cm³/mol. The van der Waals surface area contributed by atoms with Crippen molar-refractivity contribution in [2.24, 2.45) is 17.2 Å². The molecule has 0 aliphatic rings. The fourth-order valence-electron chi connectivity index (χ4n) is 3.14. The molecule has 4 atom stereocenters. The van der Waals surface area contributed by atoms with Gasteiger partial charge in [-0.05, 0) is 37.8 Å². The molecule has 0 aliphatic heterocycles. The number of rotatable bonds is 16. The predicted octanol–water partition coefficient (Wildman–Crippen LogP) is -2.91. The van der Waals surface area contributed by atoms with Crippen molar-refractivity contribution in [1.82, 2.24) is 16.0 Å². The fourth-order valence-corrected chi connectivity index (χ4v) is 3.14. The summed E-state index contributed by atoms with van der Waals surface area (Å²) in [6, 6.07) is 3.82. The molecule has 0 bridgehead atoms. The summed E-state index contributed by atoms with van der Waals surface area (Å²) in [7, 11) is 0. The van der Waals surface area contributed by atoms with Gasteiger partial charge in [-0.15, -0.1) is 0 Å². The van der Waals surface area contributed by atoms with Crippen molar-refractivity contribution in [3.05, 3.63) is 35.9 Å². The number of carboxylic acids is 1. The Labute approximate surface area is 202 Å². The zero-order chi connectivity index (χ0) is 26.4. The van der Waals surface area contributed by atoms with Crippen LogP contribution in [0.15, 0.2) is 30.3 Å². The molecule has 1 aromatic carbocycles. The quantitative estimate of drug-likeness (QED) is 0.110. The molecule has 194 valence electrons. The number of carbonyl (C=O) groups excluding carboxylic acids is 4. The van der Waals surface area contributed by atoms with Crippen LogP contribution in [0, 0.1) is 0 Å². The van der Waals surface area contributed by atoms with Crippen molar-refractivity contribution in [1.29, 1.82) is 0 Å². The summed E-state index contributed by atoms with van der Waals surface area (Å²) in [5.74, 6) is -4.87.